The highest BCUT2D eigenvalue weighted by molar-refractivity contribution is 6.07. The molecule has 0 fully saturated rings. The molecule has 1 aliphatic rings. The second kappa shape index (κ2) is 12.4. The van der Waals surface area contributed by atoms with Gasteiger partial charge in [0, 0.05) is 11.8 Å². The molecule has 138 valence electrons. The zero-order valence-electron chi connectivity index (χ0n) is 16.1. The third-order valence-electron chi connectivity index (χ3n) is 5.47. The number of hydrogen-bond acceptors (Lipinski definition) is 2. The highest BCUT2D eigenvalue weighted by Gasteiger charge is 2.39. The molecule has 1 aliphatic carbocycles. The van der Waals surface area contributed by atoms with Crippen LogP contribution in [0.3, 0.4) is 0 Å². The minimum Gasteiger partial charge on any atom is -0.295 e. The summed E-state index contributed by atoms with van der Waals surface area (Å²) in [6, 6.07) is 0. The fourth-order valence-electron chi connectivity index (χ4n) is 3.86. The van der Waals surface area contributed by atoms with E-state index in [1.165, 1.54) is 70.3 Å². The number of carbonyl (C=O) groups excluding carboxylic acids is 2. The number of carbonyl (C=O) groups is 2. The first-order valence-corrected chi connectivity index (χ1v) is 10.4. The van der Waals surface area contributed by atoms with Crippen LogP contribution in [0.25, 0.3) is 0 Å². The Morgan fingerprint density at radius 3 is 1.67 bits per heavy atom. The number of allylic oxidation sites excluding steroid dienone is 2. The smallest absolute Gasteiger partial charge is 0.162 e. The molecule has 0 heterocycles. The maximum atomic E-state index is 12.6. The van der Waals surface area contributed by atoms with Gasteiger partial charge in [-0.05, 0) is 25.0 Å². The molecule has 0 aromatic rings. The van der Waals surface area contributed by atoms with Crippen molar-refractivity contribution >= 4 is 11.6 Å². The van der Waals surface area contributed by atoms with E-state index in [4.69, 9.17) is 0 Å². The SMILES string of the molecule is CCCCCCCCC1(CCCCCCCC)CC(=O)C=CC1=O. The highest BCUT2D eigenvalue weighted by atomic mass is 16.1. The molecule has 0 spiro atoms. The quantitative estimate of drug-likeness (QED) is 0.336. The van der Waals surface area contributed by atoms with Crippen LogP contribution in [0.15, 0.2) is 12.2 Å². The van der Waals surface area contributed by atoms with Crippen LogP contribution in [0.1, 0.15) is 110 Å². The average molecular weight is 335 g/mol. The summed E-state index contributed by atoms with van der Waals surface area (Å²) >= 11 is 0. The molecular formula is C22H38O2. The maximum Gasteiger partial charge on any atom is 0.162 e. The molecule has 0 N–H and O–H groups in total. The molecule has 24 heavy (non-hydrogen) atoms. The van der Waals surface area contributed by atoms with Crippen LogP contribution in [0.5, 0.6) is 0 Å². The van der Waals surface area contributed by atoms with E-state index >= 15 is 0 Å². The molecule has 1 rings (SSSR count). The van der Waals surface area contributed by atoms with Gasteiger partial charge in [-0.1, -0.05) is 90.9 Å². The van der Waals surface area contributed by atoms with Crippen LogP contribution in [0.4, 0.5) is 0 Å². The van der Waals surface area contributed by atoms with Gasteiger partial charge in [0.2, 0.25) is 0 Å². The topological polar surface area (TPSA) is 34.1 Å². The zero-order valence-corrected chi connectivity index (χ0v) is 16.1. The third-order valence-corrected chi connectivity index (χ3v) is 5.47. The third kappa shape index (κ3) is 7.77. The van der Waals surface area contributed by atoms with E-state index in [1.54, 1.807) is 6.08 Å². The molecule has 0 radical (unpaired) electrons. The number of hydrogen-bond donors (Lipinski definition) is 0. The normalized spacial score (nSPS) is 16.8. The van der Waals surface area contributed by atoms with E-state index in [1.807, 2.05) is 0 Å². The van der Waals surface area contributed by atoms with Gasteiger partial charge in [-0.25, -0.2) is 0 Å². The van der Waals surface area contributed by atoms with Crippen molar-refractivity contribution in [1.29, 1.82) is 0 Å². The van der Waals surface area contributed by atoms with Crippen molar-refractivity contribution in [2.24, 2.45) is 5.41 Å². The average Bonchev–Trinajstić information content (AvgIpc) is 2.57. The molecule has 0 saturated carbocycles. The molecule has 0 atom stereocenters. The lowest BCUT2D eigenvalue weighted by molar-refractivity contribution is -0.131. The van der Waals surface area contributed by atoms with E-state index in [2.05, 4.69) is 13.8 Å². The summed E-state index contributed by atoms with van der Waals surface area (Å²) in [6.07, 6.45) is 20.2. The van der Waals surface area contributed by atoms with Crippen molar-refractivity contribution in [2.75, 3.05) is 0 Å². The fourth-order valence-corrected chi connectivity index (χ4v) is 3.86. The van der Waals surface area contributed by atoms with Gasteiger partial charge in [-0.3, -0.25) is 9.59 Å². The molecule has 0 aliphatic heterocycles. The maximum absolute atomic E-state index is 12.6. The van der Waals surface area contributed by atoms with Gasteiger partial charge in [0.15, 0.2) is 11.6 Å². The second-order valence-corrected chi connectivity index (χ2v) is 7.66. The van der Waals surface area contributed by atoms with Gasteiger partial charge < -0.3 is 0 Å². The minimum atomic E-state index is -0.374. The Balaban J connectivity index is 2.43. The molecule has 0 aromatic heterocycles. The van der Waals surface area contributed by atoms with Crippen molar-refractivity contribution in [3.8, 4) is 0 Å². The Hall–Kier alpha value is -0.920. The zero-order chi connectivity index (χ0) is 17.7. The van der Waals surface area contributed by atoms with Crippen molar-refractivity contribution in [2.45, 2.75) is 110 Å². The van der Waals surface area contributed by atoms with Gasteiger partial charge in [0.05, 0.1) is 0 Å². The summed E-state index contributed by atoms with van der Waals surface area (Å²) in [4.78, 5) is 24.5. The molecule has 2 nitrogen and oxygen atoms in total. The van der Waals surface area contributed by atoms with E-state index in [0.29, 0.717) is 6.42 Å². The Labute approximate surface area is 149 Å². The van der Waals surface area contributed by atoms with Gasteiger partial charge >= 0.3 is 0 Å². The standard InChI is InChI=1S/C22H38O2/c1-3-5-7-9-11-13-17-22(18-14-12-10-8-6-4-2)19-20(23)15-16-21(22)24/h15-16H,3-14,17-19H2,1-2H3. The summed E-state index contributed by atoms with van der Waals surface area (Å²) < 4.78 is 0. The lowest BCUT2D eigenvalue weighted by atomic mass is 9.69. The van der Waals surface area contributed by atoms with Gasteiger partial charge in [-0.15, -0.1) is 0 Å². The Morgan fingerprint density at radius 1 is 0.708 bits per heavy atom. The summed E-state index contributed by atoms with van der Waals surface area (Å²) in [7, 11) is 0. The molecule has 2 heteroatoms. The Morgan fingerprint density at radius 2 is 1.17 bits per heavy atom. The molecule has 0 unspecified atom stereocenters. The lowest BCUT2D eigenvalue weighted by Gasteiger charge is -2.33. The van der Waals surface area contributed by atoms with Crippen molar-refractivity contribution < 1.29 is 9.59 Å². The van der Waals surface area contributed by atoms with E-state index in [-0.39, 0.29) is 17.0 Å². The molecule has 0 amide bonds. The Bertz CT molecular complexity index is 379. The van der Waals surface area contributed by atoms with E-state index in [0.717, 1.165) is 25.7 Å². The minimum absolute atomic E-state index is 0.145. The fraction of sp³-hybridized carbons (Fsp3) is 0.818. The first kappa shape index (κ1) is 21.1. The number of ketones is 2. The number of unbranched alkanes of at least 4 members (excludes halogenated alkanes) is 10. The Kier molecular flexibility index (Phi) is 11.0. The first-order chi connectivity index (χ1) is 11.6. The summed E-state index contributed by atoms with van der Waals surface area (Å²) in [5.74, 6) is 0.357. The number of rotatable bonds is 14. The molecule has 0 aromatic carbocycles. The van der Waals surface area contributed by atoms with Crippen molar-refractivity contribution in [1.82, 2.24) is 0 Å². The summed E-state index contributed by atoms with van der Waals surface area (Å²) in [5.41, 5.74) is -0.374. The summed E-state index contributed by atoms with van der Waals surface area (Å²) in [6.45, 7) is 4.46. The largest absolute Gasteiger partial charge is 0.295 e. The van der Waals surface area contributed by atoms with Crippen molar-refractivity contribution in [3.05, 3.63) is 12.2 Å². The van der Waals surface area contributed by atoms with Crippen LogP contribution in [0, 0.1) is 5.41 Å². The van der Waals surface area contributed by atoms with Gasteiger partial charge in [0.25, 0.3) is 0 Å². The van der Waals surface area contributed by atoms with Crippen LogP contribution in [-0.4, -0.2) is 11.6 Å². The molecule has 0 bridgehead atoms. The first-order valence-electron chi connectivity index (χ1n) is 10.4. The monoisotopic (exact) mass is 334 g/mol. The molecule has 0 saturated heterocycles. The van der Waals surface area contributed by atoms with Crippen LogP contribution < -0.4 is 0 Å². The molecular weight excluding hydrogens is 296 g/mol. The summed E-state index contributed by atoms with van der Waals surface area (Å²) in [5, 5.41) is 0. The van der Waals surface area contributed by atoms with Crippen LogP contribution >= 0.6 is 0 Å². The second-order valence-electron chi connectivity index (χ2n) is 7.66. The van der Waals surface area contributed by atoms with E-state index < -0.39 is 0 Å². The predicted molar refractivity (Wildman–Crippen MR) is 102 cm³/mol. The van der Waals surface area contributed by atoms with Gasteiger partial charge in [0.1, 0.15) is 0 Å². The predicted octanol–water partition coefficient (Wildman–Crippen LogP) is 6.57. The van der Waals surface area contributed by atoms with E-state index in [9.17, 15) is 9.59 Å². The highest BCUT2D eigenvalue weighted by Crippen LogP contribution is 2.39. The van der Waals surface area contributed by atoms with Gasteiger partial charge in [-0.2, -0.15) is 0 Å². The van der Waals surface area contributed by atoms with Crippen LogP contribution in [0.2, 0.25) is 0 Å². The van der Waals surface area contributed by atoms with Crippen LogP contribution in [-0.2, 0) is 9.59 Å². The lowest BCUT2D eigenvalue weighted by Crippen LogP contribution is -2.35. The van der Waals surface area contributed by atoms with Crippen molar-refractivity contribution in [3.63, 3.8) is 0 Å².